The molecule has 4 nitrogen and oxygen atoms in total. The van der Waals surface area contributed by atoms with Gasteiger partial charge in [0.2, 0.25) is 0 Å². The van der Waals surface area contributed by atoms with E-state index in [0.29, 0.717) is 18.2 Å². The summed E-state index contributed by atoms with van der Waals surface area (Å²) in [7, 11) is 0. The molecular formula is C11H17N3O. The van der Waals surface area contributed by atoms with Crippen molar-refractivity contribution >= 4 is 5.91 Å². The zero-order chi connectivity index (χ0) is 11.1. The number of aromatic nitrogens is 2. The van der Waals surface area contributed by atoms with Gasteiger partial charge in [-0.1, -0.05) is 26.7 Å². The number of nitrogens with zero attached hydrogens (tertiary/aromatic N) is 2. The lowest BCUT2D eigenvalue weighted by atomic mass is 10.0. The highest BCUT2D eigenvalue weighted by molar-refractivity contribution is 5.91. The van der Waals surface area contributed by atoms with Gasteiger partial charge in [-0.25, -0.2) is 4.98 Å². The molecule has 4 heteroatoms. The highest BCUT2D eigenvalue weighted by Gasteiger charge is 2.09. The van der Waals surface area contributed by atoms with Crippen LogP contribution in [0.1, 0.15) is 37.2 Å². The van der Waals surface area contributed by atoms with Crippen molar-refractivity contribution in [2.75, 3.05) is 6.54 Å². The van der Waals surface area contributed by atoms with Gasteiger partial charge in [0.15, 0.2) is 0 Å². The number of rotatable bonds is 5. The predicted molar refractivity (Wildman–Crippen MR) is 58.4 cm³/mol. The quantitative estimate of drug-likeness (QED) is 0.798. The molecular weight excluding hydrogens is 190 g/mol. The minimum atomic E-state index is -0.144. The van der Waals surface area contributed by atoms with E-state index in [1.807, 2.05) is 0 Å². The molecule has 0 radical (unpaired) electrons. The van der Waals surface area contributed by atoms with Crippen LogP contribution >= 0.6 is 0 Å². The van der Waals surface area contributed by atoms with Crippen LogP contribution in [0.5, 0.6) is 0 Å². The third-order valence-corrected chi connectivity index (χ3v) is 2.50. The Labute approximate surface area is 90.1 Å². The standard InChI is InChI=1S/C11H17N3O/c1-3-9(4-2)7-14-11(15)10-8-12-5-6-13-10/h5-6,8-9H,3-4,7H2,1-2H3,(H,14,15). The first-order valence-electron chi connectivity index (χ1n) is 5.32. The topological polar surface area (TPSA) is 54.9 Å². The third kappa shape index (κ3) is 3.65. The zero-order valence-corrected chi connectivity index (χ0v) is 9.23. The van der Waals surface area contributed by atoms with Gasteiger partial charge in [-0.05, 0) is 5.92 Å². The highest BCUT2D eigenvalue weighted by Crippen LogP contribution is 2.05. The van der Waals surface area contributed by atoms with Gasteiger partial charge in [-0.15, -0.1) is 0 Å². The second-order valence-corrected chi connectivity index (χ2v) is 3.48. The summed E-state index contributed by atoms with van der Waals surface area (Å²) in [5.74, 6) is 0.403. The van der Waals surface area contributed by atoms with Crippen molar-refractivity contribution in [2.45, 2.75) is 26.7 Å². The zero-order valence-electron chi connectivity index (χ0n) is 9.23. The van der Waals surface area contributed by atoms with E-state index in [2.05, 4.69) is 29.1 Å². The van der Waals surface area contributed by atoms with Gasteiger partial charge in [-0.2, -0.15) is 0 Å². The summed E-state index contributed by atoms with van der Waals surface area (Å²) < 4.78 is 0. The Morgan fingerprint density at radius 3 is 2.67 bits per heavy atom. The van der Waals surface area contributed by atoms with Crippen LogP contribution in [0.25, 0.3) is 0 Å². The summed E-state index contributed by atoms with van der Waals surface area (Å²) in [4.78, 5) is 19.4. The molecule has 0 atom stereocenters. The van der Waals surface area contributed by atoms with Gasteiger partial charge in [0.05, 0.1) is 6.20 Å². The van der Waals surface area contributed by atoms with Gasteiger partial charge < -0.3 is 5.32 Å². The summed E-state index contributed by atoms with van der Waals surface area (Å²) >= 11 is 0. The van der Waals surface area contributed by atoms with Crippen LogP contribution in [-0.2, 0) is 0 Å². The number of hydrogen-bond acceptors (Lipinski definition) is 3. The van der Waals surface area contributed by atoms with E-state index in [1.54, 1.807) is 6.20 Å². The van der Waals surface area contributed by atoms with Gasteiger partial charge in [0, 0.05) is 18.9 Å². The number of nitrogens with one attached hydrogen (secondary N) is 1. The molecule has 0 bridgehead atoms. The number of carbonyl (C=O) groups excluding carboxylic acids is 1. The predicted octanol–water partition coefficient (Wildman–Crippen LogP) is 1.64. The van der Waals surface area contributed by atoms with E-state index >= 15 is 0 Å². The lowest BCUT2D eigenvalue weighted by Gasteiger charge is -2.12. The molecule has 0 spiro atoms. The molecule has 82 valence electrons. The second kappa shape index (κ2) is 6.11. The molecule has 0 aliphatic heterocycles. The maximum atomic E-state index is 11.6. The molecule has 15 heavy (non-hydrogen) atoms. The second-order valence-electron chi connectivity index (χ2n) is 3.48. The number of hydrogen-bond donors (Lipinski definition) is 1. The molecule has 1 N–H and O–H groups in total. The molecule has 1 amide bonds. The van der Waals surface area contributed by atoms with Crippen LogP contribution in [0, 0.1) is 5.92 Å². The fourth-order valence-corrected chi connectivity index (χ4v) is 1.32. The molecule has 1 heterocycles. The summed E-state index contributed by atoms with van der Waals surface area (Å²) in [5, 5.41) is 2.86. The van der Waals surface area contributed by atoms with Crippen LogP contribution in [0.2, 0.25) is 0 Å². The fourth-order valence-electron chi connectivity index (χ4n) is 1.32. The summed E-state index contributed by atoms with van der Waals surface area (Å²) in [5.41, 5.74) is 0.378. The lowest BCUT2D eigenvalue weighted by Crippen LogP contribution is -2.29. The average Bonchev–Trinajstić information content (AvgIpc) is 2.31. The Morgan fingerprint density at radius 2 is 2.13 bits per heavy atom. The van der Waals surface area contributed by atoms with E-state index in [-0.39, 0.29) is 5.91 Å². The minimum Gasteiger partial charge on any atom is -0.350 e. The first-order chi connectivity index (χ1) is 7.27. The van der Waals surface area contributed by atoms with Crippen LogP contribution in [0.4, 0.5) is 0 Å². The van der Waals surface area contributed by atoms with Crippen molar-refractivity contribution in [1.82, 2.24) is 15.3 Å². The largest absolute Gasteiger partial charge is 0.350 e. The van der Waals surface area contributed by atoms with Crippen molar-refractivity contribution in [3.8, 4) is 0 Å². The Hall–Kier alpha value is -1.45. The fraction of sp³-hybridized carbons (Fsp3) is 0.545. The minimum absolute atomic E-state index is 0.144. The first kappa shape index (κ1) is 11.6. The highest BCUT2D eigenvalue weighted by atomic mass is 16.1. The summed E-state index contributed by atoms with van der Waals surface area (Å²) in [6.45, 7) is 4.97. The van der Waals surface area contributed by atoms with E-state index in [4.69, 9.17) is 0 Å². The van der Waals surface area contributed by atoms with Crippen molar-refractivity contribution < 1.29 is 4.79 Å². The van der Waals surface area contributed by atoms with Gasteiger partial charge in [0.1, 0.15) is 5.69 Å². The van der Waals surface area contributed by atoms with E-state index in [1.165, 1.54) is 12.4 Å². The average molecular weight is 207 g/mol. The molecule has 0 aromatic carbocycles. The van der Waals surface area contributed by atoms with E-state index < -0.39 is 0 Å². The van der Waals surface area contributed by atoms with E-state index in [0.717, 1.165) is 12.8 Å². The van der Waals surface area contributed by atoms with Gasteiger partial charge in [0.25, 0.3) is 5.91 Å². The van der Waals surface area contributed by atoms with Crippen molar-refractivity contribution in [2.24, 2.45) is 5.92 Å². The number of amides is 1. The van der Waals surface area contributed by atoms with Crippen molar-refractivity contribution in [3.05, 3.63) is 24.3 Å². The molecule has 0 unspecified atom stereocenters. The number of carbonyl (C=O) groups is 1. The lowest BCUT2D eigenvalue weighted by molar-refractivity contribution is 0.0941. The van der Waals surface area contributed by atoms with Crippen molar-refractivity contribution in [1.29, 1.82) is 0 Å². The van der Waals surface area contributed by atoms with Crippen LogP contribution in [0.15, 0.2) is 18.6 Å². The maximum absolute atomic E-state index is 11.6. The molecule has 1 aromatic heterocycles. The summed E-state index contributed by atoms with van der Waals surface area (Å²) in [6, 6.07) is 0. The van der Waals surface area contributed by atoms with E-state index in [9.17, 15) is 4.79 Å². The molecule has 0 aliphatic carbocycles. The van der Waals surface area contributed by atoms with Gasteiger partial charge >= 0.3 is 0 Å². The molecule has 1 aromatic rings. The van der Waals surface area contributed by atoms with Gasteiger partial charge in [-0.3, -0.25) is 9.78 Å². The van der Waals surface area contributed by atoms with Crippen LogP contribution in [-0.4, -0.2) is 22.4 Å². The van der Waals surface area contributed by atoms with Crippen LogP contribution in [0.3, 0.4) is 0 Å². The monoisotopic (exact) mass is 207 g/mol. The molecule has 1 rings (SSSR count). The van der Waals surface area contributed by atoms with Crippen LogP contribution < -0.4 is 5.32 Å². The SMILES string of the molecule is CCC(CC)CNC(=O)c1cnccn1. The maximum Gasteiger partial charge on any atom is 0.271 e. The molecule has 0 saturated heterocycles. The Morgan fingerprint density at radius 1 is 1.40 bits per heavy atom. The Kier molecular flexibility index (Phi) is 4.74. The Balaban J connectivity index is 2.43. The first-order valence-corrected chi connectivity index (χ1v) is 5.32. The molecule has 0 fully saturated rings. The smallest absolute Gasteiger partial charge is 0.271 e. The third-order valence-electron chi connectivity index (χ3n) is 2.50. The van der Waals surface area contributed by atoms with Crippen molar-refractivity contribution in [3.63, 3.8) is 0 Å². The normalized spacial score (nSPS) is 10.3. The molecule has 0 aliphatic rings. The Bertz CT molecular complexity index is 296. The molecule has 0 saturated carbocycles. The summed E-state index contributed by atoms with van der Waals surface area (Å²) in [6.07, 6.45) is 6.71.